The van der Waals surface area contributed by atoms with Crippen molar-refractivity contribution in [1.29, 1.82) is 5.26 Å². The maximum absolute atomic E-state index is 12.0. The summed E-state index contributed by atoms with van der Waals surface area (Å²) >= 11 is 0. The molecule has 0 fully saturated rings. The van der Waals surface area contributed by atoms with Crippen LogP contribution in [0.25, 0.3) is 17.2 Å². The molecule has 0 aliphatic carbocycles. The monoisotopic (exact) mass is 397 g/mol. The number of hydrogen-bond donors (Lipinski definition) is 0. The Labute approximate surface area is 177 Å². The van der Waals surface area contributed by atoms with Crippen LogP contribution in [-0.2, 0) is 4.79 Å². The van der Waals surface area contributed by atoms with Crippen LogP contribution in [0.15, 0.2) is 78.9 Å². The second-order valence-electron chi connectivity index (χ2n) is 7.24. The number of carbonyl (C=O) groups excluding carboxylic acids is 1. The Hall–Kier alpha value is -3.84. The van der Waals surface area contributed by atoms with Crippen LogP contribution >= 0.6 is 0 Å². The van der Waals surface area contributed by atoms with Gasteiger partial charge in [0.25, 0.3) is 0 Å². The van der Waals surface area contributed by atoms with E-state index in [-0.39, 0.29) is 0 Å². The molecule has 0 amide bonds. The van der Waals surface area contributed by atoms with Crippen LogP contribution in [0.2, 0.25) is 0 Å². The summed E-state index contributed by atoms with van der Waals surface area (Å²) in [7, 11) is 0. The van der Waals surface area contributed by atoms with Crippen LogP contribution in [0.4, 0.5) is 0 Å². The van der Waals surface area contributed by atoms with E-state index in [1.165, 1.54) is 6.08 Å². The molecule has 0 heterocycles. The summed E-state index contributed by atoms with van der Waals surface area (Å²) in [5.41, 5.74) is 3.48. The van der Waals surface area contributed by atoms with Crippen molar-refractivity contribution in [3.8, 4) is 28.7 Å². The summed E-state index contributed by atoms with van der Waals surface area (Å²) in [6.07, 6.45) is 3.02. The minimum absolute atomic E-state index is 0.459. The largest absolute Gasteiger partial charge is 0.493 e. The van der Waals surface area contributed by atoms with Crippen LogP contribution in [0.5, 0.6) is 11.5 Å². The van der Waals surface area contributed by atoms with Crippen molar-refractivity contribution < 1.29 is 14.3 Å². The van der Waals surface area contributed by atoms with Crippen molar-refractivity contribution in [3.05, 3.63) is 90.0 Å². The fraction of sp³-hybridized carbons (Fsp3) is 0.154. The number of esters is 1. The summed E-state index contributed by atoms with van der Waals surface area (Å²) in [6, 6.07) is 24.3. The number of carbonyl (C=O) groups is 1. The zero-order valence-electron chi connectivity index (χ0n) is 17.0. The van der Waals surface area contributed by atoms with Gasteiger partial charge in [0.2, 0.25) is 0 Å². The average Bonchev–Trinajstić information content (AvgIpc) is 2.77. The Morgan fingerprint density at radius 3 is 2.00 bits per heavy atom. The normalized spacial score (nSPS) is 10.7. The van der Waals surface area contributed by atoms with Crippen LogP contribution in [0.1, 0.15) is 25.0 Å². The van der Waals surface area contributed by atoms with Gasteiger partial charge in [-0.1, -0.05) is 50.2 Å². The molecule has 0 saturated carbocycles. The SMILES string of the molecule is CC(C)COc1ccc(-c2ccc(OC(=O)C=Cc3ccc(C#N)cc3)cc2)cc1. The Balaban J connectivity index is 1.57. The highest BCUT2D eigenvalue weighted by atomic mass is 16.5. The third kappa shape index (κ3) is 6.08. The van der Waals surface area contributed by atoms with Crippen LogP contribution < -0.4 is 9.47 Å². The maximum Gasteiger partial charge on any atom is 0.336 e. The van der Waals surface area contributed by atoms with E-state index < -0.39 is 5.97 Å². The van der Waals surface area contributed by atoms with Gasteiger partial charge >= 0.3 is 5.97 Å². The Morgan fingerprint density at radius 2 is 1.47 bits per heavy atom. The fourth-order valence-electron chi connectivity index (χ4n) is 2.71. The third-order valence-electron chi connectivity index (χ3n) is 4.30. The Kier molecular flexibility index (Phi) is 7.02. The second-order valence-corrected chi connectivity index (χ2v) is 7.24. The molecular formula is C26H23NO3. The zero-order valence-corrected chi connectivity index (χ0v) is 17.0. The number of benzene rings is 3. The van der Waals surface area contributed by atoms with Crippen molar-refractivity contribution in [2.75, 3.05) is 6.61 Å². The molecule has 150 valence electrons. The molecule has 0 aromatic heterocycles. The molecule has 3 aromatic rings. The molecule has 30 heavy (non-hydrogen) atoms. The van der Waals surface area contributed by atoms with Gasteiger partial charge in [0, 0.05) is 6.08 Å². The lowest BCUT2D eigenvalue weighted by molar-refractivity contribution is -0.128. The minimum atomic E-state index is -0.459. The van der Waals surface area contributed by atoms with Gasteiger partial charge in [0.1, 0.15) is 11.5 Å². The summed E-state index contributed by atoms with van der Waals surface area (Å²) in [6.45, 7) is 4.93. The lowest BCUT2D eigenvalue weighted by Gasteiger charge is -2.09. The quantitative estimate of drug-likeness (QED) is 0.284. The van der Waals surface area contributed by atoms with Crippen LogP contribution in [0.3, 0.4) is 0 Å². The Bertz CT molecular complexity index is 1040. The topological polar surface area (TPSA) is 59.3 Å². The van der Waals surface area contributed by atoms with Crippen molar-refractivity contribution >= 4 is 12.0 Å². The van der Waals surface area contributed by atoms with E-state index in [1.54, 1.807) is 42.5 Å². The molecular weight excluding hydrogens is 374 g/mol. The lowest BCUT2D eigenvalue weighted by atomic mass is 10.1. The zero-order chi connectivity index (χ0) is 21.3. The Morgan fingerprint density at radius 1 is 0.900 bits per heavy atom. The molecule has 0 atom stereocenters. The first-order valence-corrected chi connectivity index (χ1v) is 9.77. The minimum Gasteiger partial charge on any atom is -0.493 e. The lowest BCUT2D eigenvalue weighted by Crippen LogP contribution is -2.04. The number of ether oxygens (including phenoxy) is 2. The van der Waals surface area contributed by atoms with E-state index in [1.807, 2.05) is 36.4 Å². The third-order valence-corrected chi connectivity index (χ3v) is 4.30. The molecule has 4 heteroatoms. The molecule has 0 saturated heterocycles. The highest BCUT2D eigenvalue weighted by Crippen LogP contribution is 2.25. The van der Waals surface area contributed by atoms with Crippen LogP contribution in [0, 0.1) is 17.2 Å². The number of hydrogen-bond acceptors (Lipinski definition) is 4. The highest BCUT2D eigenvalue weighted by Gasteiger charge is 2.04. The molecule has 0 N–H and O–H groups in total. The highest BCUT2D eigenvalue weighted by molar-refractivity contribution is 5.88. The molecule has 0 bridgehead atoms. The fourth-order valence-corrected chi connectivity index (χ4v) is 2.71. The number of nitriles is 1. The van der Waals surface area contributed by atoms with E-state index in [2.05, 4.69) is 19.9 Å². The molecule has 0 radical (unpaired) electrons. The molecule has 3 aromatic carbocycles. The van der Waals surface area contributed by atoms with Gasteiger partial charge in [-0.15, -0.1) is 0 Å². The van der Waals surface area contributed by atoms with Crippen LogP contribution in [-0.4, -0.2) is 12.6 Å². The molecule has 0 spiro atoms. The molecule has 0 aliphatic rings. The van der Waals surface area contributed by atoms with Crippen molar-refractivity contribution in [3.63, 3.8) is 0 Å². The molecule has 4 nitrogen and oxygen atoms in total. The summed E-state index contributed by atoms with van der Waals surface area (Å²) in [5.74, 6) is 1.36. The van der Waals surface area contributed by atoms with Gasteiger partial charge in [-0.25, -0.2) is 4.79 Å². The smallest absolute Gasteiger partial charge is 0.336 e. The first kappa shape index (κ1) is 20.9. The predicted octanol–water partition coefficient (Wildman–Crippen LogP) is 5.88. The van der Waals surface area contributed by atoms with E-state index >= 15 is 0 Å². The summed E-state index contributed by atoms with van der Waals surface area (Å²) < 4.78 is 11.1. The van der Waals surface area contributed by atoms with Gasteiger partial charge in [0.15, 0.2) is 0 Å². The van der Waals surface area contributed by atoms with Gasteiger partial charge < -0.3 is 9.47 Å². The van der Waals surface area contributed by atoms with E-state index in [9.17, 15) is 4.79 Å². The molecule has 0 unspecified atom stereocenters. The van der Waals surface area contributed by atoms with E-state index in [0.29, 0.717) is 23.8 Å². The van der Waals surface area contributed by atoms with Gasteiger partial charge in [-0.3, -0.25) is 0 Å². The van der Waals surface area contributed by atoms with Gasteiger partial charge in [-0.05, 0) is 65.1 Å². The predicted molar refractivity (Wildman–Crippen MR) is 118 cm³/mol. The molecule has 0 aliphatic heterocycles. The summed E-state index contributed by atoms with van der Waals surface area (Å²) in [5, 5.41) is 8.81. The van der Waals surface area contributed by atoms with Crippen molar-refractivity contribution in [1.82, 2.24) is 0 Å². The standard InChI is InChI=1S/C26H23NO3/c1-19(2)18-29-24-12-8-22(9-13-24)23-10-14-25(15-11-23)30-26(28)16-7-20-3-5-21(17-27)6-4-20/h3-16,19H,18H2,1-2H3. The maximum atomic E-state index is 12.0. The first-order valence-electron chi connectivity index (χ1n) is 9.77. The summed E-state index contributed by atoms with van der Waals surface area (Å²) in [4.78, 5) is 12.0. The van der Waals surface area contributed by atoms with Gasteiger partial charge in [0.05, 0.1) is 18.2 Å². The van der Waals surface area contributed by atoms with Crippen molar-refractivity contribution in [2.45, 2.75) is 13.8 Å². The van der Waals surface area contributed by atoms with E-state index in [0.717, 1.165) is 22.4 Å². The molecule has 3 rings (SSSR count). The first-order chi connectivity index (χ1) is 14.5. The average molecular weight is 397 g/mol. The van der Waals surface area contributed by atoms with Gasteiger partial charge in [-0.2, -0.15) is 5.26 Å². The number of rotatable bonds is 7. The number of nitrogens with zero attached hydrogens (tertiary/aromatic N) is 1. The van der Waals surface area contributed by atoms with E-state index in [4.69, 9.17) is 14.7 Å². The second kappa shape index (κ2) is 10.1. The van der Waals surface area contributed by atoms with Crippen molar-refractivity contribution in [2.24, 2.45) is 5.92 Å².